The molecule has 1 aromatic heterocycles. The van der Waals surface area contributed by atoms with Crippen molar-refractivity contribution in [3.8, 4) is 11.3 Å². The second kappa shape index (κ2) is 19.3. The minimum absolute atomic E-state index is 0.0701. The Hall–Kier alpha value is -5.15. The molecular weight excluding hydrogens is 743 g/mol. The van der Waals surface area contributed by atoms with Crippen molar-refractivity contribution in [2.45, 2.75) is 65.1 Å². The zero-order valence-electron chi connectivity index (χ0n) is 32.5. The predicted octanol–water partition coefficient (Wildman–Crippen LogP) is 5.23. The summed E-state index contributed by atoms with van der Waals surface area (Å²) < 4.78 is 52.3. The molecule has 0 spiro atoms. The van der Waals surface area contributed by atoms with Crippen molar-refractivity contribution in [2.24, 2.45) is 17.3 Å². The Morgan fingerprint density at radius 3 is 2.42 bits per heavy atom. The van der Waals surface area contributed by atoms with Crippen molar-refractivity contribution in [3.05, 3.63) is 89.9 Å². The van der Waals surface area contributed by atoms with E-state index in [2.05, 4.69) is 5.32 Å². The molecule has 3 amide bonds. The number of benzene rings is 2. The number of nitrogens with zero attached hydrogens (tertiary/aromatic N) is 4. The Morgan fingerprint density at radius 1 is 1.05 bits per heavy atom. The number of ketones is 2. The lowest BCUT2D eigenvalue weighted by Gasteiger charge is -2.40. The third kappa shape index (κ3) is 11.0. The number of alkyl halides is 1. The van der Waals surface area contributed by atoms with E-state index in [0.29, 0.717) is 25.2 Å². The van der Waals surface area contributed by atoms with Gasteiger partial charge in [0.1, 0.15) is 23.6 Å². The van der Waals surface area contributed by atoms with Crippen molar-refractivity contribution in [1.82, 2.24) is 24.7 Å². The number of imidazole rings is 1. The number of aliphatic hydroxyl groups is 1. The number of ether oxygens (including phenoxy) is 1. The van der Waals surface area contributed by atoms with Crippen LogP contribution in [0.5, 0.6) is 0 Å². The molecule has 12 nitrogen and oxygen atoms in total. The highest BCUT2D eigenvalue weighted by atomic mass is 19.1. The summed E-state index contributed by atoms with van der Waals surface area (Å²) in [7, 11) is 0. The average Bonchev–Trinajstić information content (AvgIpc) is 3.87. The third-order valence-electron chi connectivity index (χ3n) is 10.9. The fraction of sp³-hybridized carbons (Fsp3) is 0.476. The van der Waals surface area contributed by atoms with Crippen LogP contribution in [-0.4, -0.2) is 106 Å². The Kier molecular flexibility index (Phi) is 14.6. The van der Waals surface area contributed by atoms with E-state index in [1.165, 1.54) is 11.8 Å². The fourth-order valence-electron chi connectivity index (χ4n) is 7.72. The van der Waals surface area contributed by atoms with Gasteiger partial charge in [-0.25, -0.2) is 22.9 Å². The molecule has 2 aliphatic heterocycles. The van der Waals surface area contributed by atoms with E-state index in [-0.39, 0.29) is 69.3 Å². The van der Waals surface area contributed by atoms with E-state index in [9.17, 15) is 37.9 Å². The smallest absolute Gasteiger partial charge is 0.409 e. The van der Waals surface area contributed by atoms with E-state index < -0.39 is 71.1 Å². The maximum Gasteiger partial charge on any atom is 0.409 e. The van der Waals surface area contributed by atoms with Crippen LogP contribution in [0.15, 0.2) is 66.9 Å². The first-order valence-electron chi connectivity index (χ1n) is 19.2. The summed E-state index contributed by atoms with van der Waals surface area (Å²) in [4.78, 5) is 70.3. The molecule has 3 heterocycles. The van der Waals surface area contributed by atoms with Crippen LogP contribution in [-0.2, 0) is 30.5 Å². The number of Topliss-reactive ketones (excluding diaryl/α,β-unsaturated/α-hetero) is 2. The third-order valence-corrected chi connectivity index (χ3v) is 10.9. The van der Waals surface area contributed by atoms with Crippen molar-refractivity contribution in [1.29, 1.82) is 0 Å². The van der Waals surface area contributed by atoms with Gasteiger partial charge in [0.15, 0.2) is 11.6 Å². The van der Waals surface area contributed by atoms with Gasteiger partial charge in [-0.1, -0.05) is 44.2 Å². The van der Waals surface area contributed by atoms with Crippen molar-refractivity contribution in [2.75, 3.05) is 45.9 Å². The van der Waals surface area contributed by atoms with Gasteiger partial charge in [0.05, 0.1) is 18.9 Å². The summed E-state index contributed by atoms with van der Waals surface area (Å²) in [5.41, 5.74) is 0.0816. The number of hydrogen-bond acceptors (Lipinski definition) is 9. The van der Waals surface area contributed by atoms with Crippen LogP contribution in [0.25, 0.3) is 11.3 Å². The fourth-order valence-corrected chi connectivity index (χ4v) is 7.72. The Balaban J connectivity index is 1.51. The molecule has 0 saturated carbocycles. The van der Waals surface area contributed by atoms with E-state index in [1.54, 1.807) is 6.20 Å². The van der Waals surface area contributed by atoms with E-state index in [1.807, 2.05) is 48.7 Å². The molecular formula is C42H50F3N5O7. The van der Waals surface area contributed by atoms with E-state index in [0.717, 1.165) is 40.8 Å². The number of amides is 3. The summed E-state index contributed by atoms with van der Waals surface area (Å²) >= 11 is 0. The van der Waals surface area contributed by atoms with Gasteiger partial charge in [0.25, 0.3) is 11.8 Å². The standard InChI is InChI=1S/C42H50F3N5O7/c1-27(52)36(53)21-29(9-10-30-23-46-24-34(30)45)39(42(2,3)15-20-57-41(56)48(18-19-51)16-17-50-37(54)13-14-38(50)55)40-47-35(32-22-31(43)11-12-33(32)44)26-49(40)25-28-7-5-4-6-8-28/h4-8,11-14,22,26,29-30,34,39,46,51H,9-10,15-21,23-25H2,1-3H3. The molecule has 3 aromatic rings. The van der Waals surface area contributed by atoms with Crippen molar-refractivity contribution < 1.29 is 47.0 Å². The minimum atomic E-state index is -1.09. The normalized spacial score (nSPS) is 17.9. The highest BCUT2D eigenvalue weighted by molar-refractivity contribution is 6.36. The minimum Gasteiger partial charge on any atom is -0.449 e. The first kappa shape index (κ1) is 43.0. The van der Waals surface area contributed by atoms with Crippen LogP contribution in [0.2, 0.25) is 0 Å². The van der Waals surface area contributed by atoms with Gasteiger partial charge < -0.3 is 24.6 Å². The Bertz CT molecular complexity index is 1930. The summed E-state index contributed by atoms with van der Waals surface area (Å²) in [5.74, 6) is -4.79. The molecule has 4 unspecified atom stereocenters. The molecule has 2 N–H and O–H groups in total. The summed E-state index contributed by atoms with van der Waals surface area (Å²) in [6.07, 6.45) is 2.74. The molecule has 5 rings (SSSR count). The van der Waals surface area contributed by atoms with Crippen molar-refractivity contribution in [3.63, 3.8) is 0 Å². The maximum atomic E-state index is 15.3. The SMILES string of the molecule is CC(=O)C(=O)CC(CCC1CNCC1F)C(c1nc(-c2cc(F)ccc2F)cn1Cc1ccccc1)C(C)(C)CCOC(=O)N(CCO)CCN1C(=O)C=CC1=O. The Labute approximate surface area is 330 Å². The lowest BCUT2D eigenvalue weighted by atomic mass is 9.66. The predicted molar refractivity (Wildman–Crippen MR) is 204 cm³/mol. The summed E-state index contributed by atoms with van der Waals surface area (Å²) in [6, 6.07) is 12.5. The zero-order valence-corrected chi connectivity index (χ0v) is 32.5. The molecule has 0 radical (unpaired) electrons. The number of imide groups is 1. The van der Waals surface area contributed by atoms with Crippen LogP contribution in [0.4, 0.5) is 18.0 Å². The van der Waals surface area contributed by atoms with E-state index in [4.69, 9.17) is 9.72 Å². The van der Waals surface area contributed by atoms with Gasteiger partial charge in [0.2, 0.25) is 0 Å². The maximum absolute atomic E-state index is 15.3. The molecule has 57 heavy (non-hydrogen) atoms. The van der Waals surface area contributed by atoms with Crippen LogP contribution >= 0.6 is 0 Å². The number of nitrogens with one attached hydrogen (secondary N) is 1. The largest absolute Gasteiger partial charge is 0.449 e. The van der Waals surface area contributed by atoms with Gasteiger partial charge >= 0.3 is 6.09 Å². The molecule has 1 fully saturated rings. The zero-order chi connectivity index (χ0) is 41.3. The number of halogens is 3. The topological polar surface area (TPSA) is 151 Å². The molecule has 2 aromatic carbocycles. The van der Waals surface area contributed by atoms with Crippen LogP contribution in [0.3, 0.4) is 0 Å². The number of aromatic nitrogens is 2. The molecule has 15 heteroatoms. The van der Waals surface area contributed by atoms with E-state index >= 15 is 4.39 Å². The van der Waals surface area contributed by atoms with Gasteiger partial charge in [0, 0.05) is 88.4 Å². The van der Waals surface area contributed by atoms with Crippen LogP contribution < -0.4 is 5.32 Å². The van der Waals surface area contributed by atoms with Crippen molar-refractivity contribution >= 4 is 29.5 Å². The van der Waals surface area contributed by atoms with Crippen LogP contribution in [0, 0.1) is 28.9 Å². The lowest BCUT2D eigenvalue weighted by molar-refractivity contribution is -0.137. The average molecular weight is 794 g/mol. The highest BCUT2D eigenvalue weighted by Gasteiger charge is 2.42. The summed E-state index contributed by atoms with van der Waals surface area (Å²) in [6.45, 7) is 5.07. The second-order valence-electron chi connectivity index (χ2n) is 15.4. The first-order valence-corrected chi connectivity index (χ1v) is 19.2. The second-order valence-corrected chi connectivity index (χ2v) is 15.4. The molecule has 1 saturated heterocycles. The molecule has 0 bridgehead atoms. The summed E-state index contributed by atoms with van der Waals surface area (Å²) in [5, 5.41) is 12.7. The van der Waals surface area contributed by atoms with Crippen LogP contribution in [0.1, 0.15) is 63.8 Å². The number of aliphatic hydroxyl groups excluding tert-OH is 1. The molecule has 2 aliphatic rings. The van der Waals surface area contributed by atoms with Gasteiger partial charge in [-0.3, -0.25) is 24.1 Å². The van der Waals surface area contributed by atoms with Gasteiger partial charge in [-0.15, -0.1) is 0 Å². The Morgan fingerprint density at radius 2 is 1.77 bits per heavy atom. The quantitative estimate of drug-likeness (QED) is 0.116. The lowest BCUT2D eigenvalue weighted by Crippen LogP contribution is -2.42. The van der Waals surface area contributed by atoms with Gasteiger partial charge in [-0.2, -0.15) is 0 Å². The number of carbonyl (C=O) groups is 5. The molecule has 0 aliphatic carbocycles. The number of hydrogen-bond donors (Lipinski definition) is 2. The molecule has 306 valence electrons. The number of carbonyl (C=O) groups excluding carboxylic acids is 5. The van der Waals surface area contributed by atoms with Gasteiger partial charge in [-0.05, 0) is 54.4 Å². The highest BCUT2D eigenvalue weighted by Crippen LogP contribution is 2.47. The first-order chi connectivity index (χ1) is 27.2. The monoisotopic (exact) mass is 793 g/mol. The number of rotatable bonds is 20. The molecule has 4 atom stereocenters.